The third kappa shape index (κ3) is 5.54. The van der Waals surface area contributed by atoms with Crippen molar-refractivity contribution < 1.29 is 14.3 Å². The van der Waals surface area contributed by atoms with E-state index in [-0.39, 0.29) is 6.04 Å². The van der Waals surface area contributed by atoms with E-state index in [0.29, 0.717) is 11.5 Å². The normalized spacial score (nSPS) is 15.3. The number of pyridine rings is 1. The van der Waals surface area contributed by atoms with Crippen LogP contribution < -0.4 is 20.5 Å². The molecule has 186 valence electrons. The molecule has 1 amide bonds. The Morgan fingerprint density at radius 3 is 2.03 bits per heavy atom. The van der Waals surface area contributed by atoms with Gasteiger partial charge in [0.1, 0.15) is 23.4 Å². The van der Waals surface area contributed by atoms with E-state index >= 15 is 0 Å². The number of halogens is 1. The van der Waals surface area contributed by atoms with E-state index in [1.807, 2.05) is 91.7 Å². The van der Waals surface area contributed by atoms with Crippen LogP contribution in [0.5, 0.6) is 11.5 Å². The van der Waals surface area contributed by atoms with Crippen molar-refractivity contribution in [3.8, 4) is 11.5 Å². The summed E-state index contributed by atoms with van der Waals surface area (Å²) in [6.07, 6.45) is 3.76. The number of aryl methyl sites for hydroxylation is 2. The van der Waals surface area contributed by atoms with Crippen molar-refractivity contribution in [3.63, 3.8) is 0 Å². The summed E-state index contributed by atoms with van der Waals surface area (Å²) in [5, 5.41) is 3.35. The van der Waals surface area contributed by atoms with E-state index in [2.05, 4.69) is 26.2 Å². The third-order valence-corrected chi connectivity index (χ3v) is 6.39. The number of benzene rings is 2. The largest absolute Gasteiger partial charge is 0.497 e. The average molecular weight is 549 g/mol. The molecule has 1 atom stereocenters. The van der Waals surface area contributed by atoms with Crippen LogP contribution in [-0.4, -0.2) is 36.1 Å². The molecule has 0 spiro atoms. The van der Waals surface area contributed by atoms with Gasteiger partial charge in [-0.1, -0.05) is 24.3 Å². The summed E-state index contributed by atoms with van der Waals surface area (Å²) in [4.78, 5) is 19.5. The molecule has 0 fully saturated rings. The van der Waals surface area contributed by atoms with Gasteiger partial charge in [0.2, 0.25) is 5.91 Å². The molecule has 7 nitrogen and oxygen atoms in total. The maximum absolute atomic E-state index is 13.0. The first kappa shape index (κ1) is 25.3. The van der Waals surface area contributed by atoms with Crippen molar-refractivity contribution in [1.82, 2.24) is 9.88 Å². The predicted molar refractivity (Wildman–Crippen MR) is 145 cm³/mol. The van der Waals surface area contributed by atoms with Crippen molar-refractivity contribution in [2.45, 2.75) is 25.9 Å². The molecule has 8 heteroatoms. The number of hydrogen-bond donors (Lipinski definition) is 2. The molecule has 1 unspecified atom stereocenters. The average Bonchev–Trinajstić information content (AvgIpc) is 2.84. The zero-order valence-corrected chi connectivity index (χ0v) is 22.2. The number of amides is 1. The Morgan fingerprint density at radius 2 is 1.56 bits per heavy atom. The molecule has 3 aromatic rings. The second kappa shape index (κ2) is 10.9. The fourth-order valence-electron chi connectivity index (χ4n) is 4.43. The molecule has 1 aromatic heterocycles. The monoisotopic (exact) mass is 548 g/mol. The fraction of sp³-hybridized carbons (Fsp3) is 0.214. The first-order valence-corrected chi connectivity index (χ1v) is 12.2. The molecule has 1 aliphatic rings. The molecule has 3 N–H and O–H groups in total. The lowest BCUT2D eigenvalue weighted by Gasteiger charge is -2.40. The molecule has 2 aromatic carbocycles. The SMILES string of the molecule is COc1ccc(C(c2ccc(OC)cc2)N2C=C(Br)C=C(Nc3cc(C)cc(C)n3)C2C(N)=O)cc1. The van der Waals surface area contributed by atoms with Crippen molar-refractivity contribution in [3.05, 3.63) is 106 Å². The molecule has 4 rings (SSSR count). The highest BCUT2D eigenvalue weighted by Gasteiger charge is 2.35. The molecule has 0 radical (unpaired) electrons. The quantitative estimate of drug-likeness (QED) is 0.401. The summed E-state index contributed by atoms with van der Waals surface area (Å²) >= 11 is 3.64. The van der Waals surface area contributed by atoms with E-state index in [1.54, 1.807) is 14.2 Å². The van der Waals surface area contributed by atoms with E-state index in [9.17, 15) is 4.79 Å². The zero-order valence-electron chi connectivity index (χ0n) is 20.7. The van der Waals surface area contributed by atoms with Crippen LogP contribution in [-0.2, 0) is 4.79 Å². The smallest absolute Gasteiger partial charge is 0.246 e. The van der Waals surface area contributed by atoms with Gasteiger partial charge < -0.3 is 25.4 Å². The Morgan fingerprint density at radius 1 is 1.00 bits per heavy atom. The van der Waals surface area contributed by atoms with Crippen molar-refractivity contribution in [2.75, 3.05) is 19.5 Å². The second-order valence-electron chi connectivity index (χ2n) is 8.61. The summed E-state index contributed by atoms with van der Waals surface area (Å²) in [6.45, 7) is 3.94. The van der Waals surface area contributed by atoms with Gasteiger partial charge in [0, 0.05) is 16.4 Å². The minimum atomic E-state index is -0.775. The van der Waals surface area contributed by atoms with Crippen LogP contribution in [0.25, 0.3) is 0 Å². The van der Waals surface area contributed by atoms with Gasteiger partial charge >= 0.3 is 0 Å². The number of nitrogens with zero attached hydrogens (tertiary/aromatic N) is 2. The van der Waals surface area contributed by atoms with Gasteiger partial charge in [0.25, 0.3) is 0 Å². The van der Waals surface area contributed by atoms with Gasteiger partial charge in [-0.05, 0) is 88.9 Å². The first-order valence-electron chi connectivity index (χ1n) is 11.4. The van der Waals surface area contributed by atoms with Crippen LogP contribution in [0.4, 0.5) is 5.82 Å². The highest BCUT2D eigenvalue weighted by molar-refractivity contribution is 9.11. The summed E-state index contributed by atoms with van der Waals surface area (Å²) in [5.74, 6) is 1.66. The lowest BCUT2D eigenvalue weighted by molar-refractivity contribution is -0.121. The van der Waals surface area contributed by atoms with Crippen LogP contribution in [0.15, 0.2) is 83.1 Å². The number of primary amides is 1. The number of nitrogens with one attached hydrogen (secondary N) is 1. The number of hydrogen-bond acceptors (Lipinski definition) is 6. The van der Waals surface area contributed by atoms with Crippen LogP contribution in [0.2, 0.25) is 0 Å². The maximum Gasteiger partial charge on any atom is 0.246 e. The van der Waals surface area contributed by atoms with Crippen LogP contribution in [0.1, 0.15) is 28.4 Å². The predicted octanol–water partition coefficient (Wildman–Crippen LogP) is 5.21. The lowest BCUT2D eigenvalue weighted by atomic mass is 9.93. The van der Waals surface area contributed by atoms with E-state index in [4.69, 9.17) is 15.2 Å². The number of aromatic nitrogens is 1. The third-order valence-electron chi connectivity index (χ3n) is 5.96. The van der Waals surface area contributed by atoms with E-state index in [0.717, 1.165) is 38.4 Å². The van der Waals surface area contributed by atoms with Crippen LogP contribution in [0.3, 0.4) is 0 Å². The van der Waals surface area contributed by atoms with Crippen LogP contribution >= 0.6 is 15.9 Å². The Kier molecular flexibility index (Phi) is 7.64. The fourth-order valence-corrected chi connectivity index (χ4v) is 4.92. The number of methoxy groups -OCH3 is 2. The van der Waals surface area contributed by atoms with Gasteiger partial charge in [-0.15, -0.1) is 0 Å². The molecule has 2 heterocycles. The highest BCUT2D eigenvalue weighted by Crippen LogP contribution is 2.37. The minimum Gasteiger partial charge on any atom is -0.497 e. The number of rotatable bonds is 8. The number of carbonyl (C=O) groups is 1. The van der Waals surface area contributed by atoms with Crippen LogP contribution in [0, 0.1) is 13.8 Å². The summed E-state index contributed by atoms with van der Waals surface area (Å²) in [7, 11) is 3.26. The topological polar surface area (TPSA) is 89.7 Å². The van der Waals surface area contributed by atoms with Gasteiger partial charge in [-0.25, -0.2) is 4.98 Å². The molecule has 0 bridgehead atoms. The summed E-state index contributed by atoms with van der Waals surface area (Å²) in [6, 6.07) is 18.4. The number of allylic oxidation sites excluding steroid dienone is 2. The van der Waals surface area contributed by atoms with Gasteiger partial charge in [0.05, 0.1) is 26.0 Å². The Bertz CT molecular complexity index is 1240. The lowest BCUT2D eigenvalue weighted by Crippen LogP contribution is -2.48. The number of anilines is 1. The van der Waals surface area contributed by atoms with Crippen molar-refractivity contribution in [1.29, 1.82) is 0 Å². The highest BCUT2D eigenvalue weighted by atomic mass is 79.9. The zero-order chi connectivity index (χ0) is 25.8. The standard InChI is InChI=1S/C28H29BrN4O3/c1-17-13-18(2)31-25(14-17)32-24-15-21(29)16-33(27(24)28(30)34)26(19-5-9-22(35-3)10-6-19)20-7-11-23(36-4)12-8-20/h5-16,26-27H,1-4H3,(H2,30,34)(H,31,32). The van der Waals surface area contributed by atoms with Gasteiger partial charge in [0.15, 0.2) is 0 Å². The maximum atomic E-state index is 13.0. The summed E-state index contributed by atoms with van der Waals surface area (Å²) < 4.78 is 11.5. The molecule has 0 aliphatic carbocycles. The number of nitrogens with two attached hydrogens (primary N) is 1. The minimum absolute atomic E-state index is 0.329. The van der Waals surface area contributed by atoms with Crippen molar-refractivity contribution in [2.24, 2.45) is 5.73 Å². The summed E-state index contributed by atoms with van der Waals surface area (Å²) in [5.41, 5.74) is 10.5. The molecular formula is C28H29BrN4O3. The molecule has 1 aliphatic heterocycles. The Labute approximate surface area is 219 Å². The first-order chi connectivity index (χ1) is 17.3. The second-order valence-corrected chi connectivity index (χ2v) is 9.53. The molecular weight excluding hydrogens is 520 g/mol. The molecule has 0 saturated heterocycles. The Balaban J connectivity index is 1.81. The van der Waals surface area contributed by atoms with Gasteiger partial charge in [-0.3, -0.25) is 4.79 Å². The van der Waals surface area contributed by atoms with Gasteiger partial charge in [-0.2, -0.15) is 0 Å². The molecule has 0 saturated carbocycles. The van der Waals surface area contributed by atoms with Crippen molar-refractivity contribution >= 4 is 27.7 Å². The number of ether oxygens (including phenoxy) is 2. The van der Waals surface area contributed by atoms with E-state index in [1.165, 1.54) is 0 Å². The molecule has 36 heavy (non-hydrogen) atoms. The Hall–Kier alpha value is -3.78. The van der Waals surface area contributed by atoms with E-state index < -0.39 is 11.9 Å². The number of carbonyl (C=O) groups excluding carboxylic acids is 1.